The fourth-order valence-electron chi connectivity index (χ4n) is 3.15. The lowest BCUT2D eigenvalue weighted by Gasteiger charge is -2.11. The number of alkyl halides is 3. The zero-order chi connectivity index (χ0) is 21.3. The van der Waals surface area contributed by atoms with E-state index in [2.05, 4.69) is 10.3 Å². The summed E-state index contributed by atoms with van der Waals surface area (Å²) in [4.78, 5) is 16.5. The van der Waals surface area contributed by atoms with Gasteiger partial charge >= 0.3 is 6.18 Å². The molecule has 1 aromatic heterocycles. The van der Waals surface area contributed by atoms with Crippen molar-refractivity contribution in [1.29, 1.82) is 0 Å². The SMILES string of the molecule is O=C(Nc1cccc(C(F)(F)F)c1)c1cccc(-c2ccc3ccnc(O)c3c2)c1. The van der Waals surface area contributed by atoms with Crippen LogP contribution in [-0.2, 0) is 6.18 Å². The summed E-state index contributed by atoms with van der Waals surface area (Å²) in [6.45, 7) is 0. The van der Waals surface area contributed by atoms with Gasteiger partial charge in [0.25, 0.3) is 5.91 Å². The van der Waals surface area contributed by atoms with Gasteiger partial charge in [0.15, 0.2) is 0 Å². The van der Waals surface area contributed by atoms with Gasteiger partial charge in [-0.1, -0.05) is 30.3 Å². The smallest absolute Gasteiger partial charge is 0.416 e. The van der Waals surface area contributed by atoms with E-state index in [0.717, 1.165) is 28.6 Å². The highest BCUT2D eigenvalue weighted by molar-refractivity contribution is 6.05. The first-order chi connectivity index (χ1) is 14.3. The highest BCUT2D eigenvalue weighted by Gasteiger charge is 2.30. The van der Waals surface area contributed by atoms with Gasteiger partial charge in [0, 0.05) is 22.8 Å². The molecule has 4 rings (SSSR count). The summed E-state index contributed by atoms with van der Waals surface area (Å²) < 4.78 is 38.6. The number of fused-ring (bicyclic) bond motifs is 1. The molecule has 7 heteroatoms. The van der Waals surface area contributed by atoms with Crippen molar-refractivity contribution in [2.24, 2.45) is 0 Å². The summed E-state index contributed by atoms with van der Waals surface area (Å²) in [5, 5.41) is 13.9. The van der Waals surface area contributed by atoms with E-state index in [-0.39, 0.29) is 11.6 Å². The third kappa shape index (κ3) is 3.96. The molecule has 150 valence electrons. The maximum atomic E-state index is 12.9. The van der Waals surface area contributed by atoms with E-state index >= 15 is 0 Å². The normalized spacial score (nSPS) is 11.4. The molecule has 0 aliphatic carbocycles. The zero-order valence-corrected chi connectivity index (χ0v) is 15.4. The number of halogens is 3. The average Bonchev–Trinajstić information content (AvgIpc) is 2.73. The van der Waals surface area contributed by atoms with E-state index in [0.29, 0.717) is 10.9 Å². The Morgan fingerprint density at radius 3 is 2.47 bits per heavy atom. The monoisotopic (exact) mass is 408 g/mol. The second kappa shape index (κ2) is 7.51. The predicted octanol–water partition coefficient (Wildman–Crippen LogP) is 5.88. The van der Waals surface area contributed by atoms with Gasteiger partial charge in [0.2, 0.25) is 5.88 Å². The summed E-state index contributed by atoms with van der Waals surface area (Å²) >= 11 is 0. The Kier molecular flexibility index (Phi) is 4.87. The van der Waals surface area contributed by atoms with Gasteiger partial charge in [-0.2, -0.15) is 13.2 Å². The van der Waals surface area contributed by atoms with Crippen LogP contribution < -0.4 is 5.32 Å². The number of aromatic nitrogens is 1. The predicted molar refractivity (Wildman–Crippen MR) is 108 cm³/mol. The van der Waals surface area contributed by atoms with E-state index in [1.807, 2.05) is 12.1 Å². The minimum absolute atomic E-state index is 0.0573. The molecule has 4 nitrogen and oxygen atoms in total. The second-order valence-corrected chi connectivity index (χ2v) is 6.68. The molecule has 3 aromatic carbocycles. The van der Waals surface area contributed by atoms with Gasteiger partial charge in [-0.05, 0) is 59.0 Å². The molecule has 4 aromatic rings. The van der Waals surface area contributed by atoms with E-state index in [1.54, 1.807) is 36.4 Å². The molecule has 0 saturated heterocycles. The van der Waals surface area contributed by atoms with Crippen molar-refractivity contribution in [2.45, 2.75) is 6.18 Å². The second-order valence-electron chi connectivity index (χ2n) is 6.68. The van der Waals surface area contributed by atoms with Crippen molar-refractivity contribution in [3.05, 3.63) is 90.1 Å². The molecule has 0 aliphatic rings. The van der Waals surface area contributed by atoms with Crippen molar-refractivity contribution in [3.8, 4) is 17.0 Å². The first-order valence-corrected chi connectivity index (χ1v) is 8.98. The lowest BCUT2D eigenvalue weighted by atomic mass is 10.00. The third-order valence-corrected chi connectivity index (χ3v) is 4.65. The van der Waals surface area contributed by atoms with Crippen molar-refractivity contribution in [2.75, 3.05) is 5.32 Å². The van der Waals surface area contributed by atoms with Crippen molar-refractivity contribution in [3.63, 3.8) is 0 Å². The number of amides is 1. The summed E-state index contributed by atoms with van der Waals surface area (Å²) in [7, 11) is 0. The molecule has 0 saturated carbocycles. The van der Waals surface area contributed by atoms with Gasteiger partial charge in [-0.25, -0.2) is 4.98 Å². The topological polar surface area (TPSA) is 62.2 Å². The van der Waals surface area contributed by atoms with Crippen LogP contribution in [0.3, 0.4) is 0 Å². The van der Waals surface area contributed by atoms with Crippen molar-refractivity contribution >= 4 is 22.4 Å². The van der Waals surface area contributed by atoms with Crippen LogP contribution in [0.2, 0.25) is 0 Å². The molecule has 0 atom stereocenters. The number of hydrogen-bond acceptors (Lipinski definition) is 3. The largest absolute Gasteiger partial charge is 0.493 e. The van der Waals surface area contributed by atoms with E-state index in [4.69, 9.17) is 0 Å². The molecule has 2 N–H and O–H groups in total. The van der Waals surface area contributed by atoms with Crippen LogP contribution in [0.5, 0.6) is 5.88 Å². The number of nitrogens with one attached hydrogen (secondary N) is 1. The molecule has 0 unspecified atom stereocenters. The molecule has 30 heavy (non-hydrogen) atoms. The van der Waals surface area contributed by atoms with Crippen LogP contribution in [0.25, 0.3) is 21.9 Å². The van der Waals surface area contributed by atoms with E-state index in [9.17, 15) is 23.1 Å². The quantitative estimate of drug-likeness (QED) is 0.445. The fraction of sp³-hybridized carbons (Fsp3) is 0.0435. The molecule has 1 amide bonds. The van der Waals surface area contributed by atoms with E-state index < -0.39 is 17.6 Å². The molecule has 1 heterocycles. The highest BCUT2D eigenvalue weighted by atomic mass is 19.4. The van der Waals surface area contributed by atoms with Crippen LogP contribution in [0.15, 0.2) is 79.0 Å². The maximum Gasteiger partial charge on any atom is 0.416 e. The number of hydrogen-bond donors (Lipinski definition) is 2. The molecule has 0 bridgehead atoms. The molecule has 0 fully saturated rings. The number of carbonyl (C=O) groups excluding carboxylic acids is 1. The number of aromatic hydroxyl groups is 1. The number of rotatable bonds is 3. The first kappa shape index (κ1) is 19.4. The minimum Gasteiger partial charge on any atom is -0.493 e. The number of anilines is 1. The Hall–Kier alpha value is -3.87. The highest BCUT2D eigenvalue weighted by Crippen LogP contribution is 2.31. The summed E-state index contributed by atoms with van der Waals surface area (Å²) in [6.07, 6.45) is -2.98. The van der Waals surface area contributed by atoms with Crippen LogP contribution in [0, 0.1) is 0 Å². The van der Waals surface area contributed by atoms with Crippen molar-refractivity contribution < 1.29 is 23.1 Å². The fourth-order valence-corrected chi connectivity index (χ4v) is 3.15. The Morgan fingerprint density at radius 2 is 1.67 bits per heavy atom. The number of benzene rings is 3. The summed E-state index contributed by atoms with van der Waals surface area (Å²) in [5.74, 6) is -0.616. The molecular formula is C23H15F3N2O2. The first-order valence-electron chi connectivity index (χ1n) is 8.98. The van der Waals surface area contributed by atoms with Crippen LogP contribution in [0.4, 0.5) is 18.9 Å². The number of nitrogens with zero attached hydrogens (tertiary/aromatic N) is 1. The minimum atomic E-state index is -4.49. The summed E-state index contributed by atoms with van der Waals surface area (Å²) in [6, 6.07) is 18.4. The number of carbonyl (C=O) groups is 1. The zero-order valence-electron chi connectivity index (χ0n) is 15.4. The van der Waals surface area contributed by atoms with Crippen LogP contribution >= 0.6 is 0 Å². The third-order valence-electron chi connectivity index (χ3n) is 4.65. The van der Waals surface area contributed by atoms with Crippen LogP contribution in [-0.4, -0.2) is 16.0 Å². The average molecular weight is 408 g/mol. The van der Waals surface area contributed by atoms with Gasteiger partial charge in [0.05, 0.1) is 5.56 Å². The van der Waals surface area contributed by atoms with Gasteiger partial charge in [-0.3, -0.25) is 4.79 Å². The lowest BCUT2D eigenvalue weighted by Crippen LogP contribution is -2.13. The summed E-state index contributed by atoms with van der Waals surface area (Å²) in [5.41, 5.74) is 0.998. The Balaban J connectivity index is 1.62. The lowest BCUT2D eigenvalue weighted by molar-refractivity contribution is -0.137. The molecular weight excluding hydrogens is 393 g/mol. The Morgan fingerprint density at radius 1 is 0.900 bits per heavy atom. The maximum absolute atomic E-state index is 12.9. The van der Waals surface area contributed by atoms with Gasteiger partial charge in [-0.15, -0.1) is 0 Å². The van der Waals surface area contributed by atoms with Crippen molar-refractivity contribution in [1.82, 2.24) is 4.98 Å². The van der Waals surface area contributed by atoms with Crippen LogP contribution in [0.1, 0.15) is 15.9 Å². The number of pyridine rings is 1. The molecule has 0 radical (unpaired) electrons. The van der Waals surface area contributed by atoms with E-state index in [1.165, 1.54) is 18.3 Å². The molecule has 0 spiro atoms. The molecule has 0 aliphatic heterocycles. The standard InChI is InChI=1S/C23H15F3N2O2/c24-23(25,26)18-5-2-6-19(13-18)28-21(29)17-4-1-3-15(11-17)16-8-7-14-9-10-27-22(30)20(14)12-16/h1-13H,(H,27,30)(H,28,29). The van der Waals surface area contributed by atoms with Gasteiger partial charge < -0.3 is 10.4 Å². The Bertz CT molecular complexity index is 1250. The van der Waals surface area contributed by atoms with Gasteiger partial charge in [0.1, 0.15) is 0 Å². The Labute approximate surface area is 169 Å².